The number of nitrogens with one attached hydrogen (secondary N) is 1. The lowest BCUT2D eigenvalue weighted by atomic mass is 9.88. The van der Waals surface area contributed by atoms with Crippen LogP contribution >= 0.6 is 0 Å². The van der Waals surface area contributed by atoms with E-state index in [-0.39, 0.29) is 11.5 Å². The number of aliphatic hydroxyl groups excluding tert-OH is 2. The molecule has 6 nitrogen and oxygen atoms in total. The van der Waals surface area contributed by atoms with Gasteiger partial charge in [0.15, 0.2) is 12.2 Å². The lowest BCUT2D eigenvalue weighted by molar-refractivity contribution is -0.153. The van der Waals surface area contributed by atoms with Crippen molar-refractivity contribution in [3.8, 4) is 0 Å². The number of aliphatic hydroxyl groups is 2. The summed E-state index contributed by atoms with van der Waals surface area (Å²) < 4.78 is 28.2. The number of likely N-dealkylation sites (tertiary alicyclic amines) is 1. The van der Waals surface area contributed by atoms with Gasteiger partial charge in [0.05, 0.1) is 5.92 Å². The zero-order chi connectivity index (χ0) is 20.5. The molecule has 1 aromatic rings. The van der Waals surface area contributed by atoms with Crippen molar-refractivity contribution in [2.75, 3.05) is 20.1 Å². The molecule has 3 N–H and O–H groups in total. The normalized spacial score (nSPS) is 20.0. The summed E-state index contributed by atoms with van der Waals surface area (Å²) in [5, 5.41) is 21.8. The van der Waals surface area contributed by atoms with Crippen LogP contribution < -0.4 is 5.32 Å². The summed E-state index contributed by atoms with van der Waals surface area (Å²) in [5.74, 6) is -5.07. The SMILES string of the molecule is CNC(=O)C(O)[C@@H](O)C(=O)N1CCC(c2ccc(C(F)(F)C3C=C3)cc2)CC1. The summed E-state index contributed by atoms with van der Waals surface area (Å²) in [6, 6.07) is 6.32. The zero-order valence-corrected chi connectivity index (χ0v) is 15.5. The molecule has 3 rings (SSSR count). The first-order valence-corrected chi connectivity index (χ1v) is 9.28. The summed E-state index contributed by atoms with van der Waals surface area (Å²) in [6.45, 7) is 0.704. The Bertz CT molecular complexity index is 752. The van der Waals surface area contributed by atoms with Gasteiger partial charge in [-0.15, -0.1) is 0 Å². The number of likely N-dealkylation sites (N-methyl/N-ethyl adjacent to an activating group) is 1. The highest BCUT2D eigenvalue weighted by molar-refractivity contribution is 5.90. The lowest BCUT2D eigenvalue weighted by Gasteiger charge is -2.34. The number of halogens is 2. The Morgan fingerprint density at radius 2 is 1.68 bits per heavy atom. The van der Waals surface area contributed by atoms with Gasteiger partial charge >= 0.3 is 0 Å². The Kier molecular flexibility index (Phi) is 5.81. The minimum Gasteiger partial charge on any atom is -0.380 e. The first-order valence-electron chi connectivity index (χ1n) is 9.28. The second-order valence-corrected chi connectivity index (χ2v) is 7.26. The van der Waals surface area contributed by atoms with E-state index in [0.29, 0.717) is 25.9 Å². The molecule has 0 aromatic heterocycles. The van der Waals surface area contributed by atoms with Crippen LogP contribution in [0.4, 0.5) is 8.78 Å². The van der Waals surface area contributed by atoms with Gasteiger partial charge in [-0.1, -0.05) is 36.4 Å². The third kappa shape index (κ3) is 4.07. The van der Waals surface area contributed by atoms with Crippen molar-refractivity contribution in [3.63, 3.8) is 0 Å². The Morgan fingerprint density at radius 1 is 1.11 bits per heavy atom. The topological polar surface area (TPSA) is 89.9 Å². The van der Waals surface area contributed by atoms with Crippen LogP contribution in [0.25, 0.3) is 0 Å². The summed E-state index contributed by atoms with van der Waals surface area (Å²) >= 11 is 0. The molecule has 1 aliphatic heterocycles. The van der Waals surface area contributed by atoms with Gasteiger partial charge in [0.25, 0.3) is 17.7 Å². The molecule has 2 amide bonds. The quantitative estimate of drug-likeness (QED) is 0.631. The Hall–Kier alpha value is -2.32. The highest BCUT2D eigenvalue weighted by Gasteiger charge is 2.43. The van der Waals surface area contributed by atoms with Gasteiger partial charge in [-0.2, -0.15) is 0 Å². The molecule has 2 atom stereocenters. The fraction of sp³-hybridized carbons (Fsp3) is 0.500. The number of carbonyl (C=O) groups is 2. The predicted molar refractivity (Wildman–Crippen MR) is 97.6 cm³/mol. The molecule has 0 saturated carbocycles. The van der Waals surface area contributed by atoms with Gasteiger partial charge in [0, 0.05) is 25.7 Å². The fourth-order valence-corrected chi connectivity index (χ4v) is 3.51. The first kappa shape index (κ1) is 20.4. The molecular weight excluding hydrogens is 370 g/mol. The number of rotatable bonds is 6. The van der Waals surface area contributed by atoms with Gasteiger partial charge in [0.1, 0.15) is 0 Å². The van der Waals surface area contributed by atoms with Crippen molar-refractivity contribution in [2.45, 2.75) is 36.9 Å². The van der Waals surface area contributed by atoms with Crippen LogP contribution in [0.2, 0.25) is 0 Å². The molecule has 1 heterocycles. The van der Waals surface area contributed by atoms with E-state index in [1.165, 1.54) is 36.2 Å². The van der Waals surface area contributed by atoms with Crippen molar-refractivity contribution >= 4 is 11.8 Å². The third-order valence-electron chi connectivity index (χ3n) is 5.44. The van der Waals surface area contributed by atoms with E-state index in [1.54, 1.807) is 12.1 Å². The van der Waals surface area contributed by atoms with Crippen molar-refractivity contribution in [1.82, 2.24) is 10.2 Å². The zero-order valence-electron chi connectivity index (χ0n) is 15.5. The number of benzene rings is 1. The van der Waals surface area contributed by atoms with Gasteiger partial charge in [-0.3, -0.25) is 9.59 Å². The predicted octanol–water partition coefficient (Wildman–Crippen LogP) is 1.14. The maximum absolute atomic E-state index is 14.1. The Balaban J connectivity index is 1.56. The third-order valence-corrected chi connectivity index (χ3v) is 5.44. The summed E-state index contributed by atoms with van der Waals surface area (Å²) in [5.41, 5.74) is 0.923. The van der Waals surface area contributed by atoms with E-state index in [0.717, 1.165) is 5.56 Å². The molecule has 2 aliphatic rings. The maximum atomic E-state index is 14.1. The summed E-state index contributed by atoms with van der Waals surface area (Å²) in [6.07, 6.45) is 0.550. The average Bonchev–Trinajstić information content (AvgIpc) is 3.58. The number of hydrogen-bond acceptors (Lipinski definition) is 4. The maximum Gasteiger partial charge on any atom is 0.282 e. The van der Waals surface area contributed by atoms with Crippen LogP contribution in [0, 0.1) is 5.92 Å². The molecule has 1 saturated heterocycles. The van der Waals surface area contributed by atoms with Crippen molar-refractivity contribution < 1.29 is 28.6 Å². The van der Waals surface area contributed by atoms with Crippen LogP contribution in [0.1, 0.15) is 29.9 Å². The van der Waals surface area contributed by atoms with E-state index < -0.39 is 35.9 Å². The molecule has 0 bridgehead atoms. The first-order chi connectivity index (χ1) is 13.3. The second kappa shape index (κ2) is 7.97. The summed E-state index contributed by atoms with van der Waals surface area (Å²) in [7, 11) is 1.30. The Labute approximate surface area is 161 Å². The van der Waals surface area contributed by atoms with E-state index in [1.807, 2.05) is 0 Å². The molecule has 0 radical (unpaired) electrons. The van der Waals surface area contributed by atoms with E-state index in [4.69, 9.17) is 0 Å². The number of alkyl halides is 2. The monoisotopic (exact) mass is 394 g/mol. The number of piperidine rings is 1. The lowest BCUT2D eigenvalue weighted by Crippen LogP contribution is -2.51. The van der Waals surface area contributed by atoms with E-state index in [2.05, 4.69) is 5.32 Å². The van der Waals surface area contributed by atoms with Gasteiger partial charge in [0.2, 0.25) is 0 Å². The van der Waals surface area contributed by atoms with Crippen molar-refractivity contribution in [1.29, 1.82) is 0 Å². The minimum absolute atomic E-state index is 0.00910. The standard InChI is InChI=1S/C20H24F2N2O4/c1-23-18(27)16(25)17(26)19(28)24-10-8-13(9-11-24)12-2-4-14(5-3-12)20(21,22)15-6-7-15/h2-7,13,15-17,25-26H,8-11H2,1H3,(H,23,27)/t16?,17-/m1/s1. The number of nitrogens with zero attached hydrogens (tertiary/aromatic N) is 1. The van der Waals surface area contributed by atoms with Gasteiger partial charge < -0.3 is 20.4 Å². The van der Waals surface area contributed by atoms with Crippen molar-refractivity contribution in [2.24, 2.45) is 5.92 Å². The second-order valence-electron chi connectivity index (χ2n) is 7.26. The number of carbonyl (C=O) groups excluding carboxylic acids is 2. The van der Waals surface area contributed by atoms with E-state index >= 15 is 0 Å². The van der Waals surface area contributed by atoms with Gasteiger partial charge in [-0.25, -0.2) is 8.78 Å². The smallest absolute Gasteiger partial charge is 0.282 e. The minimum atomic E-state index is -2.88. The summed E-state index contributed by atoms with van der Waals surface area (Å²) in [4.78, 5) is 25.1. The van der Waals surface area contributed by atoms with Crippen LogP contribution in [-0.2, 0) is 15.5 Å². The van der Waals surface area contributed by atoms with E-state index in [9.17, 15) is 28.6 Å². The number of allylic oxidation sites excluding steroid dienone is 2. The molecule has 8 heteroatoms. The molecule has 152 valence electrons. The molecule has 0 spiro atoms. The van der Waals surface area contributed by atoms with Crippen LogP contribution in [0.15, 0.2) is 36.4 Å². The highest BCUT2D eigenvalue weighted by atomic mass is 19.3. The Morgan fingerprint density at radius 3 is 2.18 bits per heavy atom. The molecular formula is C20H24F2N2O4. The molecule has 28 heavy (non-hydrogen) atoms. The highest BCUT2D eigenvalue weighted by Crippen LogP contribution is 2.43. The number of amides is 2. The molecule has 1 aliphatic carbocycles. The van der Waals surface area contributed by atoms with Gasteiger partial charge in [-0.05, 0) is 24.3 Å². The largest absolute Gasteiger partial charge is 0.380 e. The fourth-order valence-electron chi connectivity index (χ4n) is 3.51. The van der Waals surface area contributed by atoms with Crippen molar-refractivity contribution in [3.05, 3.63) is 47.5 Å². The molecule has 1 fully saturated rings. The molecule has 1 aromatic carbocycles. The van der Waals surface area contributed by atoms with Crippen LogP contribution in [0.5, 0.6) is 0 Å². The van der Waals surface area contributed by atoms with Crippen LogP contribution in [0.3, 0.4) is 0 Å². The average molecular weight is 394 g/mol. The van der Waals surface area contributed by atoms with Crippen LogP contribution in [-0.4, -0.2) is 59.3 Å². The molecule has 1 unspecified atom stereocenters. The number of hydrogen-bond donors (Lipinski definition) is 3.